The van der Waals surface area contributed by atoms with Gasteiger partial charge in [-0.2, -0.15) is 0 Å². The highest BCUT2D eigenvalue weighted by molar-refractivity contribution is 5.94. The van der Waals surface area contributed by atoms with Crippen LogP contribution >= 0.6 is 0 Å². The maximum absolute atomic E-state index is 12.2. The van der Waals surface area contributed by atoms with E-state index < -0.39 is 0 Å². The summed E-state index contributed by atoms with van der Waals surface area (Å²) in [5.41, 5.74) is 3.02. The van der Waals surface area contributed by atoms with Crippen molar-refractivity contribution in [2.24, 2.45) is 0 Å². The second-order valence-electron chi connectivity index (χ2n) is 6.48. The zero-order valence-electron chi connectivity index (χ0n) is 15.2. The molecular formula is C20H26N4O2. The summed E-state index contributed by atoms with van der Waals surface area (Å²) in [4.78, 5) is 18.8. The molecule has 1 aromatic carbocycles. The van der Waals surface area contributed by atoms with Crippen LogP contribution < -0.4 is 10.6 Å². The Labute approximate surface area is 154 Å². The molecule has 6 nitrogen and oxygen atoms in total. The van der Waals surface area contributed by atoms with Crippen LogP contribution in [0.25, 0.3) is 0 Å². The number of nitrogens with one attached hydrogen (secondary N) is 2. The molecule has 26 heavy (non-hydrogen) atoms. The molecule has 0 radical (unpaired) electrons. The van der Waals surface area contributed by atoms with Crippen molar-refractivity contribution >= 4 is 11.7 Å². The molecule has 0 unspecified atom stereocenters. The van der Waals surface area contributed by atoms with Gasteiger partial charge in [-0.3, -0.25) is 9.69 Å². The third-order valence-corrected chi connectivity index (χ3v) is 4.44. The molecule has 1 saturated heterocycles. The highest BCUT2D eigenvalue weighted by Crippen LogP contribution is 2.09. The quantitative estimate of drug-likeness (QED) is 0.797. The van der Waals surface area contributed by atoms with E-state index in [2.05, 4.69) is 51.7 Å². The minimum absolute atomic E-state index is 0.0872. The molecule has 1 aromatic heterocycles. The fraction of sp³-hybridized carbons (Fsp3) is 0.400. The molecular weight excluding hydrogens is 328 g/mol. The molecule has 1 fully saturated rings. The lowest BCUT2D eigenvalue weighted by Crippen LogP contribution is -2.41. The molecule has 3 rings (SSSR count). The molecule has 2 aromatic rings. The molecule has 2 heterocycles. The van der Waals surface area contributed by atoms with Gasteiger partial charge >= 0.3 is 0 Å². The van der Waals surface area contributed by atoms with E-state index in [-0.39, 0.29) is 5.91 Å². The summed E-state index contributed by atoms with van der Waals surface area (Å²) in [6.07, 6.45) is 1.61. The Morgan fingerprint density at radius 2 is 1.92 bits per heavy atom. The van der Waals surface area contributed by atoms with E-state index in [1.54, 1.807) is 12.3 Å². The first-order valence-electron chi connectivity index (χ1n) is 9.04. The molecule has 6 heteroatoms. The van der Waals surface area contributed by atoms with E-state index >= 15 is 0 Å². The first-order valence-corrected chi connectivity index (χ1v) is 9.04. The summed E-state index contributed by atoms with van der Waals surface area (Å²) in [5.74, 6) is 0.672. The maximum Gasteiger partial charge on any atom is 0.252 e. The van der Waals surface area contributed by atoms with Gasteiger partial charge in [-0.25, -0.2) is 4.98 Å². The SMILES string of the molecule is Cc1ccc(CNc2ccc(C(=O)NCCN3CCOCC3)cn2)cc1. The zero-order valence-corrected chi connectivity index (χ0v) is 15.2. The van der Waals surface area contributed by atoms with Gasteiger partial charge in [-0.1, -0.05) is 29.8 Å². The van der Waals surface area contributed by atoms with Crippen molar-refractivity contribution in [3.8, 4) is 0 Å². The lowest BCUT2D eigenvalue weighted by Gasteiger charge is -2.26. The van der Waals surface area contributed by atoms with Crippen molar-refractivity contribution < 1.29 is 9.53 Å². The normalized spacial score (nSPS) is 14.8. The fourth-order valence-electron chi connectivity index (χ4n) is 2.79. The van der Waals surface area contributed by atoms with Gasteiger partial charge in [0.1, 0.15) is 5.82 Å². The fourth-order valence-corrected chi connectivity index (χ4v) is 2.79. The van der Waals surface area contributed by atoms with Gasteiger partial charge < -0.3 is 15.4 Å². The summed E-state index contributed by atoms with van der Waals surface area (Å²) in [5, 5.41) is 6.22. The van der Waals surface area contributed by atoms with Crippen LogP contribution in [0.1, 0.15) is 21.5 Å². The number of benzene rings is 1. The Kier molecular flexibility index (Phi) is 6.57. The molecule has 0 atom stereocenters. The Morgan fingerprint density at radius 3 is 2.62 bits per heavy atom. The second-order valence-corrected chi connectivity index (χ2v) is 6.48. The highest BCUT2D eigenvalue weighted by Gasteiger charge is 2.11. The number of rotatable bonds is 7. The van der Waals surface area contributed by atoms with Gasteiger partial charge in [-0.15, -0.1) is 0 Å². The van der Waals surface area contributed by atoms with Gasteiger partial charge in [0.15, 0.2) is 0 Å². The molecule has 0 bridgehead atoms. The van der Waals surface area contributed by atoms with Crippen LogP contribution in [0.3, 0.4) is 0 Å². The molecule has 1 aliphatic heterocycles. The first-order chi connectivity index (χ1) is 12.7. The van der Waals surface area contributed by atoms with Crippen LogP contribution in [0.4, 0.5) is 5.82 Å². The number of morpholine rings is 1. The van der Waals surface area contributed by atoms with E-state index in [4.69, 9.17) is 4.74 Å². The smallest absolute Gasteiger partial charge is 0.252 e. The number of pyridine rings is 1. The van der Waals surface area contributed by atoms with Gasteiger partial charge in [0.05, 0.1) is 18.8 Å². The molecule has 1 aliphatic rings. The number of amides is 1. The maximum atomic E-state index is 12.2. The average Bonchev–Trinajstić information content (AvgIpc) is 2.69. The standard InChI is InChI=1S/C20H26N4O2/c1-16-2-4-17(5-3-16)14-22-19-7-6-18(15-23-19)20(25)21-8-9-24-10-12-26-13-11-24/h2-7,15H,8-14H2,1H3,(H,21,25)(H,22,23). The predicted molar refractivity (Wildman–Crippen MR) is 102 cm³/mol. The van der Waals surface area contributed by atoms with Crippen LogP contribution in [-0.4, -0.2) is 55.2 Å². The van der Waals surface area contributed by atoms with Crippen LogP contribution in [0, 0.1) is 6.92 Å². The summed E-state index contributed by atoms with van der Waals surface area (Å²) < 4.78 is 5.32. The Bertz CT molecular complexity index is 695. The van der Waals surface area contributed by atoms with Crippen molar-refractivity contribution in [1.82, 2.24) is 15.2 Å². The van der Waals surface area contributed by atoms with Crippen LogP contribution in [0.5, 0.6) is 0 Å². The van der Waals surface area contributed by atoms with E-state index in [1.807, 2.05) is 6.07 Å². The van der Waals surface area contributed by atoms with Gasteiger partial charge in [0, 0.05) is 38.9 Å². The summed E-state index contributed by atoms with van der Waals surface area (Å²) in [6.45, 7) is 7.66. The minimum Gasteiger partial charge on any atom is -0.379 e. The lowest BCUT2D eigenvalue weighted by atomic mass is 10.1. The molecule has 2 N–H and O–H groups in total. The Balaban J connectivity index is 1.42. The van der Waals surface area contributed by atoms with Crippen LogP contribution in [-0.2, 0) is 11.3 Å². The van der Waals surface area contributed by atoms with Crippen LogP contribution in [0.2, 0.25) is 0 Å². The van der Waals surface area contributed by atoms with Crippen molar-refractivity contribution in [2.45, 2.75) is 13.5 Å². The number of aryl methyl sites for hydroxylation is 1. The number of aromatic nitrogens is 1. The summed E-state index contributed by atoms with van der Waals surface area (Å²) in [6, 6.07) is 12.0. The van der Waals surface area contributed by atoms with Crippen molar-refractivity contribution in [3.05, 3.63) is 59.3 Å². The van der Waals surface area contributed by atoms with Crippen molar-refractivity contribution in [2.75, 3.05) is 44.7 Å². The van der Waals surface area contributed by atoms with E-state index in [0.717, 1.165) is 38.7 Å². The molecule has 1 amide bonds. The molecule has 0 spiro atoms. The van der Waals surface area contributed by atoms with Crippen molar-refractivity contribution in [3.63, 3.8) is 0 Å². The van der Waals surface area contributed by atoms with Crippen molar-refractivity contribution in [1.29, 1.82) is 0 Å². The number of carbonyl (C=O) groups excluding carboxylic acids is 1. The first kappa shape index (κ1) is 18.4. The number of ether oxygens (including phenoxy) is 1. The van der Waals surface area contributed by atoms with Gasteiger partial charge in [-0.05, 0) is 24.6 Å². The molecule has 138 valence electrons. The van der Waals surface area contributed by atoms with Crippen LogP contribution in [0.15, 0.2) is 42.6 Å². The second kappa shape index (κ2) is 9.31. The third kappa shape index (κ3) is 5.54. The minimum atomic E-state index is -0.0872. The number of carbonyl (C=O) groups is 1. The Morgan fingerprint density at radius 1 is 1.15 bits per heavy atom. The third-order valence-electron chi connectivity index (χ3n) is 4.44. The van der Waals surface area contributed by atoms with Gasteiger partial charge in [0.25, 0.3) is 5.91 Å². The number of anilines is 1. The average molecular weight is 354 g/mol. The predicted octanol–water partition coefficient (Wildman–Crippen LogP) is 2.06. The summed E-state index contributed by atoms with van der Waals surface area (Å²) >= 11 is 0. The Hall–Kier alpha value is -2.44. The van der Waals surface area contributed by atoms with Gasteiger partial charge in [0.2, 0.25) is 0 Å². The zero-order chi connectivity index (χ0) is 18.2. The highest BCUT2D eigenvalue weighted by atomic mass is 16.5. The number of hydrogen-bond acceptors (Lipinski definition) is 5. The molecule has 0 saturated carbocycles. The number of nitrogens with zero attached hydrogens (tertiary/aromatic N) is 2. The summed E-state index contributed by atoms with van der Waals surface area (Å²) in [7, 11) is 0. The van der Waals surface area contributed by atoms with E-state index in [1.165, 1.54) is 11.1 Å². The van der Waals surface area contributed by atoms with E-state index in [9.17, 15) is 4.79 Å². The lowest BCUT2D eigenvalue weighted by molar-refractivity contribution is 0.0383. The number of hydrogen-bond donors (Lipinski definition) is 2. The monoisotopic (exact) mass is 354 g/mol. The topological polar surface area (TPSA) is 66.5 Å². The van der Waals surface area contributed by atoms with E-state index in [0.29, 0.717) is 18.7 Å². The molecule has 0 aliphatic carbocycles. The largest absolute Gasteiger partial charge is 0.379 e.